The maximum atomic E-state index is 11.0. The van der Waals surface area contributed by atoms with Gasteiger partial charge in [0, 0.05) is 6.92 Å². The first kappa shape index (κ1) is 14.4. The first-order valence-corrected chi connectivity index (χ1v) is 4.49. The van der Waals surface area contributed by atoms with Crippen molar-refractivity contribution in [3.05, 3.63) is 0 Å². The van der Waals surface area contributed by atoms with E-state index in [-0.39, 0.29) is 19.8 Å². The fourth-order valence-corrected chi connectivity index (χ4v) is 0.824. The molecule has 0 aromatic rings. The molecule has 7 heteroatoms. The van der Waals surface area contributed by atoms with Gasteiger partial charge in [-0.3, -0.25) is 14.4 Å². The van der Waals surface area contributed by atoms with E-state index in [4.69, 9.17) is 0 Å². The fourth-order valence-electron chi connectivity index (χ4n) is 0.824. The zero-order valence-electron chi connectivity index (χ0n) is 9.52. The Hall–Kier alpha value is -1.63. The summed E-state index contributed by atoms with van der Waals surface area (Å²) in [5.74, 6) is -1.56. The lowest BCUT2D eigenvalue weighted by Gasteiger charge is -2.18. The molecule has 16 heavy (non-hydrogen) atoms. The van der Waals surface area contributed by atoms with E-state index in [1.807, 2.05) is 0 Å². The summed E-state index contributed by atoms with van der Waals surface area (Å²) < 4.78 is 13.5. The summed E-state index contributed by atoms with van der Waals surface area (Å²) in [6.45, 7) is 0.756. The van der Waals surface area contributed by atoms with Gasteiger partial charge in [0.25, 0.3) is 0 Å². The molecule has 0 amide bonds. The molecule has 0 saturated heterocycles. The molecule has 0 heterocycles. The maximum Gasteiger partial charge on any atom is 0.319 e. The van der Waals surface area contributed by atoms with Crippen molar-refractivity contribution in [2.75, 3.05) is 34.0 Å². The summed E-state index contributed by atoms with van der Waals surface area (Å²) in [7, 11) is 2.45. The van der Waals surface area contributed by atoms with Crippen LogP contribution in [0.4, 0.5) is 0 Å². The number of rotatable bonds is 6. The van der Waals surface area contributed by atoms with Crippen LogP contribution in [0.5, 0.6) is 0 Å². The van der Waals surface area contributed by atoms with Crippen LogP contribution in [0.1, 0.15) is 6.92 Å². The normalized spacial score (nSPS) is 9.75. The summed E-state index contributed by atoms with van der Waals surface area (Å²) in [5.41, 5.74) is 0. The number of esters is 3. The molecule has 0 aromatic heterocycles. The van der Waals surface area contributed by atoms with Crippen LogP contribution in [0.25, 0.3) is 0 Å². The number of methoxy groups -OCH3 is 2. The topological polar surface area (TPSA) is 82.1 Å². The third kappa shape index (κ3) is 6.77. The van der Waals surface area contributed by atoms with Crippen molar-refractivity contribution >= 4 is 17.9 Å². The predicted molar refractivity (Wildman–Crippen MR) is 52.2 cm³/mol. The third-order valence-electron chi connectivity index (χ3n) is 1.61. The summed E-state index contributed by atoms with van der Waals surface area (Å²) in [6.07, 6.45) is 0. The molecule has 0 unspecified atom stereocenters. The summed E-state index contributed by atoms with van der Waals surface area (Å²) >= 11 is 0. The van der Waals surface area contributed by atoms with Crippen LogP contribution in [0, 0.1) is 0 Å². The lowest BCUT2D eigenvalue weighted by Crippen LogP contribution is -2.37. The minimum absolute atomic E-state index is 0.154. The molecule has 0 N–H and O–H groups in total. The van der Waals surface area contributed by atoms with Crippen LogP contribution in [0.2, 0.25) is 0 Å². The Bertz CT molecular complexity index is 247. The lowest BCUT2D eigenvalue weighted by molar-refractivity contribution is -0.155. The molecule has 0 spiro atoms. The van der Waals surface area contributed by atoms with Gasteiger partial charge in [-0.25, -0.2) is 4.90 Å². The molecule has 0 aliphatic rings. The van der Waals surface area contributed by atoms with Crippen LogP contribution < -0.4 is 0 Å². The van der Waals surface area contributed by atoms with Crippen molar-refractivity contribution in [1.29, 1.82) is 0 Å². The lowest BCUT2D eigenvalue weighted by atomic mass is 10.5. The van der Waals surface area contributed by atoms with Crippen molar-refractivity contribution in [3.63, 3.8) is 0 Å². The maximum absolute atomic E-state index is 11.0. The average molecular weight is 233 g/mol. The molecule has 0 aliphatic carbocycles. The molecule has 0 atom stereocenters. The third-order valence-corrected chi connectivity index (χ3v) is 1.61. The SMILES string of the molecule is COC(=O)CN(COC(C)=O)CC(=O)OC. The van der Waals surface area contributed by atoms with Crippen molar-refractivity contribution in [3.8, 4) is 0 Å². The zero-order valence-corrected chi connectivity index (χ0v) is 9.52. The van der Waals surface area contributed by atoms with Crippen molar-refractivity contribution in [2.24, 2.45) is 0 Å². The van der Waals surface area contributed by atoms with Gasteiger partial charge in [0.2, 0.25) is 0 Å². The van der Waals surface area contributed by atoms with Crippen molar-refractivity contribution < 1.29 is 28.6 Å². The van der Waals surface area contributed by atoms with Crippen molar-refractivity contribution in [1.82, 2.24) is 4.90 Å². The van der Waals surface area contributed by atoms with Crippen LogP contribution in [-0.4, -0.2) is 56.8 Å². The minimum Gasteiger partial charge on any atom is -0.468 e. The standard InChI is InChI=1S/C9H15NO6/c1-7(11)16-6-10(4-8(12)14-2)5-9(13)15-3/h4-6H2,1-3H3. The van der Waals surface area contributed by atoms with Gasteiger partial charge in [-0.05, 0) is 0 Å². The van der Waals surface area contributed by atoms with Gasteiger partial charge in [0.1, 0.15) is 19.8 Å². The van der Waals surface area contributed by atoms with Gasteiger partial charge in [-0.15, -0.1) is 0 Å². The highest BCUT2D eigenvalue weighted by molar-refractivity contribution is 5.75. The molecule has 92 valence electrons. The first-order chi connectivity index (χ1) is 7.49. The molecule has 0 aliphatic heterocycles. The fraction of sp³-hybridized carbons (Fsp3) is 0.667. The van der Waals surface area contributed by atoms with Gasteiger partial charge >= 0.3 is 17.9 Å². The Morgan fingerprint density at radius 1 is 1.00 bits per heavy atom. The largest absolute Gasteiger partial charge is 0.468 e. The molecule has 0 rings (SSSR count). The van der Waals surface area contributed by atoms with Gasteiger partial charge in [0.15, 0.2) is 0 Å². The second-order valence-corrected chi connectivity index (χ2v) is 2.90. The minimum atomic E-state index is -0.531. The first-order valence-electron chi connectivity index (χ1n) is 4.49. The quantitative estimate of drug-likeness (QED) is 0.336. The molecule has 0 fully saturated rings. The number of carbonyl (C=O) groups is 3. The monoisotopic (exact) mass is 233 g/mol. The molecule has 0 bridgehead atoms. The second-order valence-electron chi connectivity index (χ2n) is 2.90. The van der Waals surface area contributed by atoms with E-state index < -0.39 is 17.9 Å². The number of nitrogens with zero attached hydrogens (tertiary/aromatic N) is 1. The van der Waals surface area contributed by atoms with E-state index in [0.717, 1.165) is 0 Å². The van der Waals surface area contributed by atoms with E-state index in [0.29, 0.717) is 0 Å². The van der Waals surface area contributed by atoms with Gasteiger partial charge < -0.3 is 14.2 Å². The molecular weight excluding hydrogens is 218 g/mol. The van der Waals surface area contributed by atoms with E-state index in [1.165, 1.54) is 26.0 Å². The molecule has 0 aromatic carbocycles. The van der Waals surface area contributed by atoms with E-state index >= 15 is 0 Å². The van der Waals surface area contributed by atoms with Crippen LogP contribution >= 0.6 is 0 Å². The highest BCUT2D eigenvalue weighted by Crippen LogP contribution is 1.93. The Morgan fingerprint density at radius 3 is 1.75 bits per heavy atom. The predicted octanol–water partition coefficient (Wildman–Crippen LogP) is -0.845. The summed E-state index contributed by atoms with van der Waals surface area (Å²) in [4.78, 5) is 33.8. The highest BCUT2D eigenvalue weighted by Gasteiger charge is 2.16. The van der Waals surface area contributed by atoms with Gasteiger partial charge in [-0.2, -0.15) is 0 Å². The van der Waals surface area contributed by atoms with Crippen molar-refractivity contribution in [2.45, 2.75) is 6.92 Å². The van der Waals surface area contributed by atoms with E-state index in [1.54, 1.807) is 0 Å². The van der Waals surface area contributed by atoms with Gasteiger partial charge in [0.05, 0.1) is 14.2 Å². The zero-order chi connectivity index (χ0) is 12.6. The Kier molecular flexibility index (Phi) is 6.86. The Balaban J connectivity index is 4.20. The smallest absolute Gasteiger partial charge is 0.319 e. The van der Waals surface area contributed by atoms with Crippen LogP contribution in [0.3, 0.4) is 0 Å². The molecule has 0 radical (unpaired) electrons. The summed E-state index contributed by atoms with van der Waals surface area (Å²) in [5, 5.41) is 0. The van der Waals surface area contributed by atoms with Crippen LogP contribution in [0.15, 0.2) is 0 Å². The summed E-state index contributed by atoms with van der Waals surface area (Å²) in [6, 6.07) is 0. The van der Waals surface area contributed by atoms with Crippen LogP contribution in [-0.2, 0) is 28.6 Å². The van der Waals surface area contributed by atoms with Gasteiger partial charge in [-0.1, -0.05) is 0 Å². The number of carbonyl (C=O) groups excluding carboxylic acids is 3. The van der Waals surface area contributed by atoms with E-state index in [9.17, 15) is 14.4 Å². The second kappa shape index (κ2) is 7.63. The number of ether oxygens (including phenoxy) is 3. The molecule has 0 saturated carbocycles. The van der Waals surface area contributed by atoms with E-state index in [2.05, 4.69) is 14.2 Å². The Labute approximate surface area is 93.2 Å². The number of hydrogen-bond donors (Lipinski definition) is 0. The highest BCUT2D eigenvalue weighted by atomic mass is 16.6. The average Bonchev–Trinajstić information content (AvgIpc) is 2.25. The molecule has 7 nitrogen and oxygen atoms in total. The Morgan fingerprint density at radius 2 is 1.44 bits per heavy atom. The number of hydrogen-bond acceptors (Lipinski definition) is 7. The molecular formula is C9H15NO6.